The summed E-state index contributed by atoms with van der Waals surface area (Å²) in [6, 6.07) is 5.25. The van der Waals surface area contributed by atoms with Gasteiger partial charge in [-0.1, -0.05) is 0 Å². The first-order chi connectivity index (χ1) is 9.85. The van der Waals surface area contributed by atoms with E-state index in [1.165, 1.54) is 35.6 Å². The second-order valence-electron chi connectivity index (χ2n) is 4.29. The molecule has 0 saturated heterocycles. The molecule has 0 fully saturated rings. The van der Waals surface area contributed by atoms with Crippen LogP contribution in [-0.2, 0) is 10.2 Å². The first-order valence-electron chi connectivity index (χ1n) is 6.28. The summed E-state index contributed by atoms with van der Waals surface area (Å²) < 4.78 is 55.7. The predicted molar refractivity (Wildman–Crippen MR) is 76.8 cm³/mol. The van der Waals surface area contributed by atoms with Gasteiger partial charge in [0.1, 0.15) is 5.75 Å². The molecule has 120 valence electrons. The molecule has 2 N–H and O–H groups in total. The zero-order valence-electron chi connectivity index (χ0n) is 11.8. The molecule has 0 bridgehead atoms. The van der Waals surface area contributed by atoms with Crippen molar-refractivity contribution < 1.29 is 21.9 Å². The molecule has 1 aromatic rings. The van der Waals surface area contributed by atoms with Gasteiger partial charge in [0.25, 0.3) is 0 Å². The Morgan fingerprint density at radius 2 is 1.90 bits per heavy atom. The summed E-state index contributed by atoms with van der Waals surface area (Å²) in [5.74, 6) is -0.0321. The van der Waals surface area contributed by atoms with Crippen LogP contribution >= 0.6 is 0 Å². The first-order valence-corrected chi connectivity index (χ1v) is 7.72. The van der Waals surface area contributed by atoms with E-state index in [2.05, 4.69) is 14.8 Å². The van der Waals surface area contributed by atoms with Gasteiger partial charge in [0.05, 0.1) is 5.69 Å². The van der Waals surface area contributed by atoms with Crippen LogP contribution in [0.3, 0.4) is 0 Å². The molecule has 0 aliphatic carbocycles. The van der Waals surface area contributed by atoms with Gasteiger partial charge in [-0.2, -0.15) is 21.5 Å². The fourth-order valence-electron chi connectivity index (χ4n) is 1.53. The number of benzene rings is 1. The number of nitrogens with one attached hydrogen (secondary N) is 2. The zero-order valence-corrected chi connectivity index (χ0v) is 12.7. The third-order valence-electron chi connectivity index (χ3n) is 2.64. The summed E-state index contributed by atoms with van der Waals surface area (Å²) in [6.45, 7) is -1.84. The van der Waals surface area contributed by atoms with Crippen molar-refractivity contribution >= 4 is 15.9 Å². The molecule has 9 heteroatoms. The van der Waals surface area contributed by atoms with E-state index in [4.69, 9.17) is 0 Å². The van der Waals surface area contributed by atoms with Crippen molar-refractivity contribution in [2.75, 3.05) is 31.9 Å². The number of ether oxygens (including phenoxy) is 1. The molecule has 0 aliphatic heterocycles. The minimum absolute atomic E-state index is 0.0321. The number of hydrogen-bond donors (Lipinski definition) is 2. The standard InChI is InChI=1S/C12H19F2N3O3S/c1-15-8-3-9-17(2)21(18,19)16-10-4-6-11(7-5-10)20-12(13)14/h4-7,12,15-16H,3,8-9H2,1-2H3. The lowest BCUT2D eigenvalue weighted by molar-refractivity contribution is -0.0498. The highest BCUT2D eigenvalue weighted by Crippen LogP contribution is 2.19. The second kappa shape index (κ2) is 8.11. The third kappa shape index (κ3) is 6.23. The first kappa shape index (κ1) is 17.6. The van der Waals surface area contributed by atoms with Gasteiger partial charge in [0.15, 0.2) is 0 Å². The van der Waals surface area contributed by atoms with Gasteiger partial charge in [0, 0.05) is 13.6 Å². The Morgan fingerprint density at radius 1 is 1.29 bits per heavy atom. The van der Waals surface area contributed by atoms with Crippen molar-refractivity contribution in [1.82, 2.24) is 9.62 Å². The van der Waals surface area contributed by atoms with Crippen LogP contribution in [0.25, 0.3) is 0 Å². The van der Waals surface area contributed by atoms with Gasteiger partial charge in [-0.15, -0.1) is 0 Å². The Hall–Kier alpha value is -1.45. The molecule has 0 aromatic heterocycles. The lowest BCUT2D eigenvalue weighted by Crippen LogP contribution is -2.34. The predicted octanol–water partition coefficient (Wildman–Crippen LogP) is 1.49. The van der Waals surface area contributed by atoms with Crippen LogP contribution in [0.15, 0.2) is 24.3 Å². The molecule has 0 spiro atoms. The molecule has 0 saturated carbocycles. The fourth-order valence-corrected chi connectivity index (χ4v) is 2.49. The molecule has 0 heterocycles. The van der Waals surface area contributed by atoms with Crippen molar-refractivity contribution in [2.24, 2.45) is 0 Å². The van der Waals surface area contributed by atoms with Crippen molar-refractivity contribution in [3.63, 3.8) is 0 Å². The molecule has 6 nitrogen and oxygen atoms in total. The van der Waals surface area contributed by atoms with Crippen LogP contribution in [0, 0.1) is 0 Å². The lowest BCUT2D eigenvalue weighted by atomic mass is 10.3. The van der Waals surface area contributed by atoms with Crippen molar-refractivity contribution in [2.45, 2.75) is 13.0 Å². The second-order valence-corrected chi connectivity index (χ2v) is 6.07. The van der Waals surface area contributed by atoms with Crippen molar-refractivity contribution in [3.05, 3.63) is 24.3 Å². The maximum atomic E-state index is 12.0. The Bertz CT molecular complexity index is 523. The topological polar surface area (TPSA) is 70.7 Å². The van der Waals surface area contributed by atoms with Crippen LogP contribution < -0.4 is 14.8 Å². The summed E-state index contributed by atoms with van der Waals surface area (Å²) in [5, 5.41) is 2.93. The van der Waals surface area contributed by atoms with E-state index in [9.17, 15) is 17.2 Å². The van der Waals surface area contributed by atoms with Gasteiger partial charge in [-0.25, -0.2) is 0 Å². The summed E-state index contributed by atoms with van der Waals surface area (Å²) in [7, 11) is -0.411. The average molecular weight is 323 g/mol. The molecule has 0 radical (unpaired) electrons. The maximum absolute atomic E-state index is 12.0. The van der Waals surface area contributed by atoms with Crippen LogP contribution in [0.5, 0.6) is 5.75 Å². The Kier molecular flexibility index (Phi) is 6.79. The number of anilines is 1. The van der Waals surface area contributed by atoms with E-state index in [0.717, 1.165) is 0 Å². The highest BCUT2D eigenvalue weighted by Gasteiger charge is 2.17. The zero-order chi connectivity index (χ0) is 15.9. The highest BCUT2D eigenvalue weighted by atomic mass is 32.2. The minimum atomic E-state index is -3.66. The smallest absolute Gasteiger partial charge is 0.387 e. The molecule has 0 atom stereocenters. The quantitative estimate of drug-likeness (QED) is 0.676. The average Bonchev–Trinajstić information content (AvgIpc) is 2.40. The van der Waals surface area contributed by atoms with Gasteiger partial charge in [0.2, 0.25) is 0 Å². The Morgan fingerprint density at radius 3 is 2.43 bits per heavy atom. The molecular formula is C12H19F2N3O3S. The van der Waals surface area contributed by atoms with Gasteiger partial charge < -0.3 is 10.1 Å². The molecule has 1 rings (SSSR count). The Balaban J connectivity index is 2.62. The normalized spacial score (nSPS) is 11.9. The lowest BCUT2D eigenvalue weighted by Gasteiger charge is -2.18. The number of hydrogen-bond acceptors (Lipinski definition) is 4. The molecule has 0 unspecified atom stereocenters. The van der Waals surface area contributed by atoms with Crippen molar-refractivity contribution in [3.8, 4) is 5.75 Å². The highest BCUT2D eigenvalue weighted by molar-refractivity contribution is 7.90. The largest absolute Gasteiger partial charge is 0.435 e. The fraction of sp³-hybridized carbons (Fsp3) is 0.500. The van der Waals surface area contributed by atoms with Crippen LogP contribution in [-0.4, -0.2) is 46.5 Å². The molecule has 0 aliphatic rings. The molecule has 21 heavy (non-hydrogen) atoms. The summed E-state index contributed by atoms with van der Waals surface area (Å²) in [5.41, 5.74) is 0.275. The molecule has 1 aromatic carbocycles. The summed E-state index contributed by atoms with van der Waals surface area (Å²) in [6.07, 6.45) is 0.676. The van der Waals surface area contributed by atoms with Gasteiger partial charge in [-0.05, 0) is 44.3 Å². The van der Waals surface area contributed by atoms with Crippen LogP contribution in [0.1, 0.15) is 6.42 Å². The van der Waals surface area contributed by atoms with E-state index in [-0.39, 0.29) is 11.4 Å². The summed E-state index contributed by atoms with van der Waals surface area (Å²) >= 11 is 0. The summed E-state index contributed by atoms with van der Waals surface area (Å²) in [4.78, 5) is 0. The van der Waals surface area contributed by atoms with E-state index in [0.29, 0.717) is 19.5 Å². The number of nitrogens with zero attached hydrogens (tertiary/aromatic N) is 1. The minimum Gasteiger partial charge on any atom is -0.435 e. The number of alkyl halides is 2. The van der Waals surface area contributed by atoms with Gasteiger partial charge in [-0.3, -0.25) is 4.72 Å². The van der Waals surface area contributed by atoms with Crippen molar-refractivity contribution in [1.29, 1.82) is 0 Å². The van der Waals surface area contributed by atoms with Crippen LogP contribution in [0.4, 0.5) is 14.5 Å². The van der Waals surface area contributed by atoms with E-state index < -0.39 is 16.8 Å². The van der Waals surface area contributed by atoms with E-state index in [1.807, 2.05) is 0 Å². The number of halogens is 2. The SMILES string of the molecule is CNCCCN(C)S(=O)(=O)Nc1ccc(OC(F)F)cc1. The van der Waals surface area contributed by atoms with E-state index in [1.54, 1.807) is 7.05 Å². The maximum Gasteiger partial charge on any atom is 0.387 e. The third-order valence-corrected chi connectivity index (χ3v) is 4.13. The number of rotatable bonds is 9. The van der Waals surface area contributed by atoms with Gasteiger partial charge >= 0.3 is 16.8 Å². The Labute approximate surface area is 123 Å². The van der Waals surface area contributed by atoms with Crippen LogP contribution in [0.2, 0.25) is 0 Å². The van der Waals surface area contributed by atoms with E-state index >= 15 is 0 Å². The molecular weight excluding hydrogens is 304 g/mol. The monoisotopic (exact) mass is 323 g/mol. The molecule has 0 amide bonds.